The van der Waals surface area contributed by atoms with Gasteiger partial charge in [0.05, 0.1) is 6.61 Å². The van der Waals surface area contributed by atoms with Crippen LogP contribution in [0.1, 0.15) is 22.8 Å². The van der Waals surface area contributed by atoms with Gasteiger partial charge >= 0.3 is 5.97 Å². The minimum atomic E-state index is -0.677. The van der Waals surface area contributed by atoms with E-state index in [9.17, 15) is 9.59 Å². The zero-order valence-electron chi connectivity index (χ0n) is 13.3. The fourth-order valence-corrected chi connectivity index (χ4v) is 2.05. The minimum Gasteiger partial charge on any atom is -0.477 e. The number of rotatable bonds is 6. The molecule has 2 rings (SSSR count). The van der Waals surface area contributed by atoms with Gasteiger partial charge < -0.3 is 14.8 Å². The summed E-state index contributed by atoms with van der Waals surface area (Å²) in [5.41, 5.74) is 1.61. The van der Waals surface area contributed by atoms with E-state index < -0.39 is 18.5 Å². The molecule has 7 heteroatoms. The van der Waals surface area contributed by atoms with E-state index in [1.807, 2.05) is 6.92 Å². The average molecular weight is 349 g/mol. The molecule has 1 aromatic heterocycles. The summed E-state index contributed by atoms with van der Waals surface area (Å²) in [7, 11) is 0. The van der Waals surface area contributed by atoms with E-state index in [4.69, 9.17) is 21.1 Å². The molecule has 24 heavy (non-hydrogen) atoms. The molecule has 0 bridgehead atoms. The molecule has 0 aliphatic heterocycles. The number of aryl methyl sites for hydroxylation is 1. The van der Waals surface area contributed by atoms with Crippen LogP contribution in [0.3, 0.4) is 0 Å². The number of carbonyl (C=O) groups excluding carboxylic acids is 2. The van der Waals surface area contributed by atoms with Gasteiger partial charge in [0, 0.05) is 16.9 Å². The van der Waals surface area contributed by atoms with Crippen LogP contribution in [-0.4, -0.2) is 30.1 Å². The van der Waals surface area contributed by atoms with Gasteiger partial charge in [-0.2, -0.15) is 0 Å². The fraction of sp³-hybridized carbons (Fsp3) is 0.235. The molecule has 6 nitrogen and oxygen atoms in total. The molecule has 0 aliphatic rings. The third-order valence-corrected chi connectivity index (χ3v) is 3.47. The molecule has 2 aromatic rings. The van der Waals surface area contributed by atoms with Crippen LogP contribution in [0.15, 0.2) is 36.5 Å². The maximum atomic E-state index is 12.1. The van der Waals surface area contributed by atoms with E-state index >= 15 is 0 Å². The average Bonchev–Trinajstić information content (AvgIpc) is 2.57. The Morgan fingerprint density at radius 3 is 2.79 bits per heavy atom. The normalized spacial score (nSPS) is 10.1. The number of hydrogen-bond donors (Lipinski definition) is 1. The minimum absolute atomic E-state index is 0.172. The highest BCUT2D eigenvalue weighted by atomic mass is 35.5. The van der Waals surface area contributed by atoms with Crippen molar-refractivity contribution in [3.05, 3.63) is 52.7 Å². The second kappa shape index (κ2) is 8.31. The van der Waals surface area contributed by atoms with Gasteiger partial charge in [0.25, 0.3) is 5.91 Å². The number of hydrogen-bond acceptors (Lipinski definition) is 5. The monoisotopic (exact) mass is 348 g/mol. The molecule has 0 spiro atoms. The van der Waals surface area contributed by atoms with Gasteiger partial charge in [0.2, 0.25) is 5.88 Å². The van der Waals surface area contributed by atoms with Crippen molar-refractivity contribution in [3.63, 3.8) is 0 Å². The lowest BCUT2D eigenvalue weighted by atomic mass is 10.2. The van der Waals surface area contributed by atoms with Crippen molar-refractivity contribution in [2.75, 3.05) is 18.5 Å². The van der Waals surface area contributed by atoms with Crippen molar-refractivity contribution in [2.45, 2.75) is 13.8 Å². The summed E-state index contributed by atoms with van der Waals surface area (Å²) in [4.78, 5) is 27.9. The van der Waals surface area contributed by atoms with Crippen molar-refractivity contribution in [3.8, 4) is 5.88 Å². The summed E-state index contributed by atoms with van der Waals surface area (Å²) in [6.07, 6.45) is 1.51. The third-order valence-electron chi connectivity index (χ3n) is 3.06. The van der Waals surface area contributed by atoms with E-state index in [-0.39, 0.29) is 11.4 Å². The van der Waals surface area contributed by atoms with Crippen LogP contribution in [0, 0.1) is 6.92 Å². The van der Waals surface area contributed by atoms with Crippen LogP contribution in [0.5, 0.6) is 5.88 Å². The lowest BCUT2D eigenvalue weighted by Crippen LogP contribution is -2.21. The van der Waals surface area contributed by atoms with Crippen LogP contribution < -0.4 is 10.1 Å². The second-order valence-electron chi connectivity index (χ2n) is 4.88. The van der Waals surface area contributed by atoms with Gasteiger partial charge in [-0.25, -0.2) is 9.78 Å². The van der Waals surface area contributed by atoms with Crippen molar-refractivity contribution in [1.29, 1.82) is 0 Å². The first-order valence-electron chi connectivity index (χ1n) is 7.32. The SMILES string of the molecule is CCOc1ncccc1C(=O)OCC(=O)Nc1ccc(C)c(Cl)c1. The molecule has 0 saturated carbocycles. The Labute approximate surface area is 144 Å². The highest BCUT2D eigenvalue weighted by Gasteiger charge is 2.16. The number of benzene rings is 1. The number of amides is 1. The Hall–Kier alpha value is -2.60. The lowest BCUT2D eigenvalue weighted by molar-refractivity contribution is -0.119. The standard InChI is InChI=1S/C17H17ClN2O4/c1-3-23-16-13(5-4-8-19-16)17(22)24-10-15(21)20-12-7-6-11(2)14(18)9-12/h4-9H,3,10H2,1-2H3,(H,20,21). The zero-order chi connectivity index (χ0) is 17.5. The first-order valence-corrected chi connectivity index (χ1v) is 7.70. The van der Waals surface area contributed by atoms with Gasteiger partial charge in [0.15, 0.2) is 6.61 Å². The first kappa shape index (κ1) is 17.7. The number of aromatic nitrogens is 1. The molecule has 0 atom stereocenters. The largest absolute Gasteiger partial charge is 0.477 e. The maximum Gasteiger partial charge on any atom is 0.344 e. The van der Waals surface area contributed by atoms with Gasteiger partial charge in [-0.3, -0.25) is 4.79 Å². The molecule has 0 aliphatic carbocycles. The van der Waals surface area contributed by atoms with E-state index in [0.29, 0.717) is 17.3 Å². The Morgan fingerprint density at radius 1 is 1.29 bits per heavy atom. The van der Waals surface area contributed by atoms with E-state index in [0.717, 1.165) is 5.56 Å². The smallest absolute Gasteiger partial charge is 0.344 e. The molecule has 0 saturated heterocycles. The summed E-state index contributed by atoms with van der Waals surface area (Å²) in [6.45, 7) is 3.58. The molecule has 1 heterocycles. The summed E-state index contributed by atoms with van der Waals surface area (Å²) < 4.78 is 10.3. The summed E-state index contributed by atoms with van der Waals surface area (Å²) >= 11 is 5.99. The van der Waals surface area contributed by atoms with Crippen LogP contribution in [0.4, 0.5) is 5.69 Å². The number of anilines is 1. The van der Waals surface area contributed by atoms with Crippen LogP contribution in [0.2, 0.25) is 5.02 Å². The molecule has 0 unspecified atom stereocenters. The quantitative estimate of drug-likeness (QED) is 0.811. The van der Waals surface area contributed by atoms with Crippen molar-refractivity contribution in [2.24, 2.45) is 0 Å². The zero-order valence-corrected chi connectivity index (χ0v) is 14.1. The molecule has 0 radical (unpaired) electrons. The molecule has 126 valence electrons. The maximum absolute atomic E-state index is 12.1. The molecule has 1 amide bonds. The van der Waals surface area contributed by atoms with Gasteiger partial charge in [0.1, 0.15) is 5.56 Å². The molecule has 1 aromatic carbocycles. The molecule has 0 fully saturated rings. The predicted octanol–water partition coefficient (Wildman–Crippen LogP) is 3.24. The molecular weight excluding hydrogens is 332 g/mol. The summed E-state index contributed by atoms with van der Waals surface area (Å²) in [5, 5.41) is 3.15. The van der Waals surface area contributed by atoms with Crippen LogP contribution in [-0.2, 0) is 9.53 Å². The summed E-state index contributed by atoms with van der Waals surface area (Å²) in [6, 6.07) is 8.25. The van der Waals surface area contributed by atoms with Gasteiger partial charge in [-0.05, 0) is 43.7 Å². The topological polar surface area (TPSA) is 77.5 Å². The number of esters is 1. The highest BCUT2D eigenvalue weighted by Crippen LogP contribution is 2.20. The number of nitrogens with zero attached hydrogens (tertiary/aromatic N) is 1. The Morgan fingerprint density at radius 2 is 2.08 bits per heavy atom. The first-order chi connectivity index (χ1) is 11.5. The number of nitrogens with one attached hydrogen (secondary N) is 1. The number of ether oxygens (including phenoxy) is 2. The van der Waals surface area contributed by atoms with Crippen molar-refractivity contribution in [1.82, 2.24) is 4.98 Å². The van der Waals surface area contributed by atoms with E-state index in [1.54, 1.807) is 31.2 Å². The Kier molecular flexibility index (Phi) is 6.14. The van der Waals surface area contributed by atoms with E-state index in [2.05, 4.69) is 10.3 Å². The number of carbonyl (C=O) groups is 2. The third kappa shape index (κ3) is 4.70. The molecule has 1 N–H and O–H groups in total. The number of pyridine rings is 1. The Bertz CT molecular complexity index is 749. The predicted molar refractivity (Wildman–Crippen MR) is 90.5 cm³/mol. The van der Waals surface area contributed by atoms with E-state index in [1.165, 1.54) is 12.3 Å². The lowest BCUT2D eigenvalue weighted by Gasteiger charge is -2.09. The van der Waals surface area contributed by atoms with Gasteiger partial charge in [-0.1, -0.05) is 17.7 Å². The van der Waals surface area contributed by atoms with Crippen molar-refractivity contribution >= 4 is 29.2 Å². The number of halogens is 1. The van der Waals surface area contributed by atoms with Crippen LogP contribution >= 0.6 is 11.6 Å². The van der Waals surface area contributed by atoms with Crippen LogP contribution in [0.25, 0.3) is 0 Å². The second-order valence-corrected chi connectivity index (χ2v) is 5.28. The fourth-order valence-electron chi connectivity index (χ4n) is 1.87. The van der Waals surface area contributed by atoms with Crippen molar-refractivity contribution < 1.29 is 19.1 Å². The Balaban J connectivity index is 1.94. The molecular formula is C17H17ClN2O4. The van der Waals surface area contributed by atoms with Gasteiger partial charge in [-0.15, -0.1) is 0 Å². The highest BCUT2D eigenvalue weighted by molar-refractivity contribution is 6.31. The summed E-state index contributed by atoms with van der Waals surface area (Å²) in [5.74, 6) is -0.968.